The minimum atomic E-state index is -0.423. The molecule has 5 nitrogen and oxygen atoms in total. The van der Waals surface area contributed by atoms with E-state index in [0.29, 0.717) is 29.1 Å². The van der Waals surface area contributed by atoms with E-state index >= 15 is 0 Å². The molecule has 0 aliphatic heterocycles. The lowest BCUT2D eigenvalue weighted by molar-refractivity contribution is 0.102. The second-order valence-corrected chi connectivity index (χ2v) is 6.41. The second kappa shape index (κ2) is 8.35. The van der Waals surface area contributed by atoms with Gasteiger partial charge in [-0.1, -0.05) is 24.3 Å². The van der Waals surface area contributed by atoms with Crippen LogP contribution >= 0.6 is 0 Å². The van der Waals surface area contributed by atoms with E-state index in [9.17, 15) is 9.18 Å². The van der Waals surface area contributed by atoms with Gasteiger partial charge in [-0.25, -0.2) is 4.39 Å². The lowest BCUT2D eigenvalue weighted by atomic mass is 10.0. The van der Waals surface area contributed by atoms with Gasteiger partial charge in [-0.3, -0.25) is 4.79 Å². The second-order valence-electron chi connectivity index (χ2n) is 6.41. The van der Waals surface area contributed by atoms with Gasteiger partial charge in [0.05, 0.1) is 17.1 Å². The zero-order valence-corrected chi connectivity index (χ0v) is 15.4. The summed E-state index contributed by atoms with van der Waals surface area (Å²) in [4.78, 5) is 12.4. The largest absolute Gasteiger partial charge is 0.397 e. The van der Waals surface area contributed by atoms with Crippen molar-refractivity contribution in [3.63, 3.8) is 0 Å². The maximum absolute atomic E-state index is 13.1. The van der Waals surface area contributed by atoms with E-state index in [0.717, 1.165) is 11.3 Å². The number of anilines is 2. The Balaban J connectivity index is 1.62. The Morgan fingerprint density at radius 3 is 2.50 bits per heavy atom. The van der Waals surface area contributed by atoms with E-state index in [-0.39, 0.29) is 11.6 Å². The molecule has 0 bridgehead atoms. The van der Waals surface area contributed by atoms with E-state index in [1.54, 1.807) is 36.4 Å². The van der Waals surface area contributed by atoms with Crippen LogP contribution in [0.3, 0.4) is 0 Å². The van der Waals surface area contributed by atoms with Crippen LogP contribution in [0, 0.1) is 5.41 Å². The van der Waals surface area contributed by atoms with Crippen molar-refractivity contribution in [1.29, 1.82) is 5.41 Å². The molecule has 1 aliphatic carbocycles. The predicted molar refractivity (Wildman–Crippen MR) is 111 cm³/mol. The number of hydrogen-bond acceptors (Lipinski definition) is 4. The standard InChI is InChI=1S/C22H21FN4O/c1-14(18-11-10-17(23)12-20(18)25)26-13-15-6-8-16(9-7-15)22(28)27-21-5-3-2-4-19(21)24/h2-12,25-26H,13,24H2,1H3,(H,27,28)/b18-14-,25-20?. The summed E-state index contributed by atoms with van der Waals surface area (Å²) in [7, 11) is 0. The highest BCUT2D eigenvalue weighted by Crippen LogP contribution is 2.19. The zero-order valence-electron chi connectivity index (χ0n) is 15.4. The first kappa shape index (κ1) is 19.1. The average Bonchev–Trinajstić information content (AvgIpc) is 2.68. The Kier molecular flexibility index (Phi) is 5.69. The summed E-state index contributed by atoms with van der Waals surface area (Å²) < 4.78 is 13.1. The van der Waals surface area contributed by atoms with Gasteiger partial charge in [0, 0.05) is 23.4 Å². The molecule has 2 aromatic carbocycles. The summed E-state index contributed by atoms with van der Waals surface area (Å²) in [5, 5.41) is 13.9. The van der Waals surface area contributed by atoms with Crippen LogP contribution in [0.5, 0.6) is 0 Å². The van der Waals surface area contributed by atoms with Crippen LogP contribution in [0.2, 0.25) is 0 Å². The Morgan fingerprint density at radius 2 is 1.82 bits per heavy atom. The summed E-state index contributed by atoms with van der Waals surface area (Å²) >= 11 is 0. The average molecular weight is 376 g/mol. The first-order chi connectivity index (χ1) is 13.4. The highest BCUT2D eigenvalue weighted by atomic mass is 19.1. The van der Waals surface area contributed by atoms with Crippen molar-refractivity contribution in [3.8, 4) is 0 Å². The van der Waals surface area contributed by atoms with Gasteiger partial charge in [0.15, 0.2) is 0 Å². The quantitative estimate of drug-likeness (QED) is 0.586. The van der Waals surface area contributed by atoms with Crippen LogP contribution in [0.4, 0.5) is 15.8 Å². The molecular formula is C22H21FN4O. The molecule has 0 saturated heterocycles. The van der Waals surface area contributed by atoms with Crippen molar-refractivity contribution in [2.24, 2.45) is 0 Å². The highest BCUT2D eigenvalue weighted by Gasteiger charge is 2.11. The molecular weight excluding hydrogens is 355 g/mol. The Hall–Kier alpha value is -3.67. The number of carbonyl (C=O) groups excluding carboxylic acids is 1. The van der Waals surface area contributed by atoms with Gasteiger partial charge in [-0.15, -0.1) is 0 Å². The van der Waals surface area contributed by atoms with Crippen LogP contribution in [0.1, 0.15) is 22.8 Å². The number of para-hydroxylation sites is 2. The van der Waals surface area contributed by atoms with Gasteiger partial charge in [0.25, 0.3) is 5.91 Å². The molecule has 3 rings (SSSR count). The fourth-order valence-electron chi connectivity index (χ4n) is 2.75. The molecule has 0 saturated carbocycles. The first-order valence-corrected chi connectivity index (χ1v) is 8.78. The van der Waals surface area contributed by atoms with Crippen molar-refractivity contribution in [2.75, 3.05) is 11.1 Å². The number of nitrogens with two attached hydrogens (primary N) is 1. The molecule has 6 heteroatoms. The highest BCUT2D eigenvalue weighted by molar-refractivity contribution is 6.10. The number of halogens is 1. The van der Waals surface area contributed by atoms with Crippen molar-refractivity contribution in [3.05, 3.63) is 95.0 Å². The molecule has 1 amide bonds. The summed E-state index contributed by atoms with van der Waals surface area (Å²) in [5.41, 5.74) is 10.0. The monoisotopic (exact) mass is 376 g/mol. The Morgan fingerprint density at radius 1 is 1.11 bits per heavy atom. The minimum absolute atomic E-state index is 0.136. The van der Waals surface area contributed by atoms with Crippen LogP contribution < -0.4 is 16.4 Å². The maximum atomic E-state index is 13.1. The molecule has 0 heterocycles. The summed E-state index contributed by atoms with van der Waals surface area (Å²) in [5.74, 6) is -0.655. The molecule has 0 fully saturated rings. The van der Waals surface area contributed by atoms with Gasteiger partial charge >= 0.3 is 0 Å². The van der Waals surface area contributed by atoms with E-state index in [4.69, 9.17) is 11.1 Å². The van der Waals surface area contributed by atoms with Gasteiger partial charge < -0.3 is 21.8 Å². The number of nitrogen functional groups attached to an aromatic ring is 1. The third kappa shape index (κ3) is 4.54. The summed E-state index contributed by atoms with van der Waals surface area (Å²) in [6.45, 7) is 2.37. The molecule has 5 N–H and O–H groups in total. The lowest BCUT2D eigenvalue weighted by Crippen LogP contribution is -2.16. The van der Waals surface area contributed by atoms with Crippen LogP contribution in [0.25, 0.3) is 0 Å². The van der Waals surface area contributed by atoms with Crippen molar-refractivity contribution in [2.45, 2.75) is 13.5 Å². The van der Waals surface area contributed by atoms with Gasteiger partial charge in [-0.2, -0.15) is 0 Å². The fourth-order valence-corrected chi connectivity index (χ4v) is 2.75. The molecule has 28 heavy (non-hydrogen) atoms. The SMILES string of the molecule is C/C(NCc1ccc(C(=O)Nc2ccccc2N)cc1)=C1\C=CC(F)=CC1=N. The third-order valence-electron chi connectivity index (χ3n) is 4.37. The Labute approximate surface area is 163 Å². The number of allylic oxidation sites excluding steroid dienone is 6. The molecule has 2 aromatic rings. The smallest absolute Gasteiger partial charge is 0.255 e. The van der Waals surface area contributed by atoms with Crippen LogP contribution in [-0.4, -0.2) is 11.6 Å². The molecule has 0 radical (unpaired) electrons. The number of nitrogens with one attached hydrogen (secondary N) is 3. The summed E-state index contributed by atoms with van der Waals surface area (Å²) in [6, 6.07) is 14.3. The van der Waals surface area contributed by atoms with Gasteiger partial charge in [0.1, 0.15) is 5.83 Å². The van der Waals surface area contributed by atoms with E-state index in [1.165, 1.54) is 12.2 Å². The van der Waals surface area contributed by atoms with E-state index in [1.807, 2.05) is 25.1 Å². The van der Waals surface area contributed by atoms with Crippen molar-refractivity contribution in [1.82, 2.24) is 5.32 Å². The molecule has 0 spiro atoms. The maximum Gasteiger partial charge on any atom is 0.255 e. The van der Waals surface area contributed by atoms with Gasteiger partial charge in [-0.05, 0) is 55.0 Å². The third-order valence-corrected chi connectivity index (χ3v) is 4.37. The van der Waals surface area contributed by atoms with Crippen molar-refractivity contribution < 1.29 is 9.18 Å². The topological polar surface area (TPSA) is 91.0 Å². The Bertz CT molecular complexity index is 1000. The molecule has 0 unspecified atom stereocenters. The zero-order chi connectivity index (χ0) is 20.1. The lowest BCUT2D eigenvalue weighted by Gasteiger charge is -2.13. The predicted octanol–water partition coefficient (Wildman–Crippen LogP) is 4.33. The van der Waals surface area contributed by atoms with Crippen LogP contribution in [-0.2, 0) is 6.54 Å². The first-order valence-electron chi connectivity index (χ1n) is 8.78. The minimum Gasteiger partial charge on any atom is -0.397 e. The fraction of sp³-hybridized carbons (Fsp3) is 0.0909. The van der Waals surface area contributed by atoms with Crippen LogP contribution in [0.15, 0.2) is 83.9 Å². The number of rotatable bonds is 5. The molecule has 0 atom stereocenters. The molecule has 1 aliphatic rings. The van der Waals surface area contributed by atoms with Gasteiger partial charge in [0.2, 0.25) is 0 Å². The van der Waals surface area contributed by atoms with Crippen molar-refractivity contribution >= 4 is 23.0 Å². The number of hydrogen-bond donors (Lipinski definition) is 4. The number of amides is 1. The van der Waals surface area contributed by atoms with E-state index < -0.39 is 5.83 Å². The number of benzene rings is 2. The van der Waals surface area contributed by atoms with E-state index in [2.05, 4.69) is 10.6 Å². The normalized spacial score (nSPS) is 15.1. The molecule has 0 aromatic heterocycles. The molecule has 142 valence electrons. The summed E-state index contributed by atoms with van der Waals surface area (Å²) in [6.07, 6.45) is 4.11. The number of carbonyl (C=O) groups is 1.